The molecule has 0 spiro atoms. The van der Waals surface area contributed by atoms with Gasteiger partial charge in [0.25, 0.3) is 0 Å². The van der Waals surface area contributed by atoms with Gasteiger partial charge in [-0.3, -0.25) is 0 Å². The SMILES string of the molecule is NC(CCO)c1nc2ccccc2[nH]1. The predicted molar refractivity (Wildman–Crippen MR) is 54.7 cm³/mol. The molecule has 4 N–H and O–H groups in total. The molecule has 1 heterocycles. The van der Waals surface area contributed by atoms with Gasteiger partial charge in [0.2, 0.25) is 0 Å². The van der Waals surface area contributed by atoms with Crippen molar-refractivity contribution in [1.82, 2.24) is 9.97 Å². The number of rotatable bonds is 3. The van der Waals surface area contributed by atoms with E-state index in [1.165, 1.54) is 0 Å². The summed E-state index contributed by atoms with van der Waals surface area (Å²) in [6, 6.07) is 7.55. The monoisotopic (exact) mass is 191 g/mol. The van der Waals surface area contributed by atoms with E-state index in [4.69, 9.17) is 10.8 Å². The molecule has 0 aliphatic rings. The van der Waals surface area contributed by atoms with Crippen LogP contribution in [0.2, 0.25) is 0 Å². The van der Waals surface area contributed by atoms with Gasteiger partial charge < -0.3 is 15.8 Å². The normalized spacial score (nSPS) is 13.3. The van der Waals surface area contributed by atoms with Crippen molar-refractivity contribution in [2.45, 2.75) is 12.5 Å². The van der Waals surface area contributed by atoms with Crippen LogP contribution in [-0.4, -0.2) is 21.7 Å². The predicted octanol–water partition coefficient (Wildman–Crippen LogP) is 0.945. The molecule has 0 amide bonds. The Morgan fingerprint density at radius 1 is 1.43 bits per heavy atom. The van der Waals surface area contributed by atoms with Gasteiger partial charge in [0.15, 0.2) is 0 Å². The van der Waals surface area contributed by atoms with Crippen molar-refractivity contribution in [3.05, 3.63) is 30.1 Å². The molecule has 0 saturated carbocycles. The molecule has 74 valence electrons. The maximum absolute atomic E-state index is 8.75. The number of hydrogen-bond acceptors (Lipinski definition) is 3. The molecule has 1 aromatic carbocycles. The third-order valence-electron chi connectivity index (χ3n) is 2.20. The fourth-order valence-corrected chi connectivity index (χ4v) is 1.42. The van der Waals surface area contributed by atoms with Gasteiger partial charge in [-0.2, -0.15) is 0 Å². The third kappa shape index (κ3) is 1.62. The van der Waals surface area contributed by atoms with Gasteiger partial charge in [0.05, 0.1) is 17.1 Å². The van der Waals surface area contributed by atoms with Gasteiger partial charge in [-0.1, -0.05) is 12.1 Å². The number of nitrogens with one attached hydrogen (secondary N) is 1. The fraction of sp³-hybridized carbons (Fsp3) is 0.300. The number of aliphatic hydroxyl groups is 1. The number of hydrogen-bond donors (Lipinski definition) is 3. The largest absolute Gasteiger partial charge is 0.396 e. The minimum atomic E-state index is -0.215. The minimum absolute atomic E-state index is 0.0816. The van der Waals surface area contributed by atoms with E-state index in [0.717, 1.165) is 16.9 Å². The summed E-state index contributed by atoms with van der Waals surface area (Å²) in [5.41, 5.74) is 7.71. The lowest BCUT2D eigenvalue weighted by molar-refractivity contribution is 0.275. The molecule has 0 aliphatic heterocycles. The van der Waals surface area contributed by atoms with Gasteiger partial charge in [0.1, 0.15) is 5.82 Å². The van der Waals surface area contributed by atoms with Crippen molar-refractivity contribution in [3.8, 4) is 0 Å². The van der Waals surface area contributed by atoms with Crippen LogP contribution in [0.5, 0.6) is 0 Å². The Bertz CT molecular complexity index is 391. The molecule has 0 fully saturated rings. The molecule has 14 heavy (non-hydrogen) atoms. The summed E-state index contributed by atoms with van der Waals surface area (Å²) >= 11 is 0. The second-order valence-corrected chi connectivity index (χ2v) is 3.26. The molecule has 1 atom stereocenters. The first-order valence-corrected chi connectivity index (χ1v) is 4.62. The Balaban J connectivity index is 2.35. The Labute approximate surface area is 81.8 Å². The van der Waals surface area contributed by atoms with E-state index in [-0.39, 0.29) is 12.6 Å². The van der Waals surface area contributed by atoms with Crippen molar-refractivity contribution in [2.75, 3.05) is 6.61 Å². The Hall–Kier alpha value is -1.39. The summed E-state index contributed by atoms with van der Waals surface area (Å²) in [5, 5.41) is 8.75. The highest BCUT2D eigenvalue weighted by atomic mass is 16.3. The third-order valence-corrected chi connectivity index (χ3v) is 2.20. The molecule has 2 rings (SSSR count). The van der Waals surface area contributed by atoms with Crippen molar-refractivity contribution in [1.29, 1.82) is 0 Å². The lowest BCUT2D eigenvalue weighted by Crippen LogP contribution is -2.13. The Morgan fingerprint density at radius 3 is 2.93 bits per heavy atom. The number of benzene rings is 1. The topological polar surface area (TPSA) is 74.9 Å². The second kappa shape index (κ2) is 3.77. The van der Waals surface area contributed by atoms with Crippen LogP contribution in [0.4, 0.5) is 0 Å². The number of fused-ring (bicyclic) bond motifs is 1. The summed E-state index contributed by atoms with van der Waals surface area (Å²) in [5.74, 6) is 0.736. The number of aromatic amines is 1. The van der Waals surface area contributed by atoms with Crippen LogP contribution in [-0.2, 0) is 0 Å². The summed E-state index contributed by atoms with van der Waals surface area (Å²) in [6.07, 6.45) is 0.528. The van der Waals surface area contributed by atoms with Crippen LogP contribution >= 0.6 is 0 Å². The number of aliphatic hydroxyl groups excluding tert-OH is 1. The van der Waals surface area contributed by atoms with Gasteiger partial charge in [0, 0.05) is 6.61 Å². The fourth-order valence-electron chi connectivity index (χ4n) is 1.42. The van der Waals surface area contributed by atoms with Gasteiger partial charge >= 0.3 is 0 Å². The van der Waals surface area contributed by atoms with Crippen LogP contribution in [0.1, 0.15) is 18.3 Å². The van der Waals surface area contributed by atoms with E-state index in [1.807, 2.05) is 24.3 Å². The molecule has 1 aromatic heterocycles. The van der Waals surface area contributed by atoms with E-state index in [2.05, 4.69) is 9.97 Å². The van der Waals surface area contributed by atoms with Crippen molar-refractivity contribution in [3.63, 3.8) is 0 Å². The van der Waals surface area contributed by atoms with Gasteiger partial charge in [-0.25, -0.2) is 4.98 Å². The van der Waals surface area contributed by atoms with E-state index in [0.29, 0.717) is 6.42 Å². The standard InChI is InChI=1S/C10H13N3O/c11-7(5-6-14)10-12-8-3-1-2-4-9(8)13-10/h1-4,7,14H,5-6,11H2,(H,12,13). The summed E-state index contributed by atoms with van der Waals surface area (Å²) in [4.78, 5) is 7.47. The zero-order valence-corrected chi connectivity index (χ0v) is 7.77. The molecule has 0 saturated heterocycles. The first kappa shape index (κ1) is 9.18. The van der Waals surface area contributed by atoms with Crippen LogP contribution in [0, 0.1) is 0 Å². The summed E-state index contributed by atoms with van der Waals surface area (Å²) < 4.78 is 0. The zero-order chi connectivity index (χ0) is 9.97. The Kier molecular flexibility index (Phi) is 2.47. The van der Waals surface area contributed by atoms with Crippen molar-refractivity contribution in [2.24, 2.45) is 5.73 Å². The number of aromatic nitrogens is 2. The second-order valence-electron chi connectivity index (χ2n) is 3.26. The summed E-state index contributed by atoms with van der Waals surface area (Å²) in [6.45, 7) is 0.0816. The van der Waals surface area contributed by atoms with Crippen LogP contribution in [0.3, 0.4) is 0 Å². The lowest BCUT2D eigenvalue weighted by Gasteiger charge is -2.04. The molecule has 1 unspecified atom stereocenters. The van der Waals surface area contributed by atoms with E-state index < -0.39 is 0 Å². The van der Waals surface area contributed by atoms with Crippen LogP contribution in [0.25, 0.3) is 11.0 Å². The molecule has 4 heteroatoms. The number of nitrogens with two attached hydrogens (primary N) is 1. The average molecular weight is 191 g/mol. The van der Waals surface area contributed by atoms with E-state index >= 15 is 0 Å². The highest BCUT2D eigenvalue weighted by Crippen LogP contribution is 2.15. The van der Waals surface area contributed by atoms with Gasteiger partial charge in [-0.15, -0.1) is 0 Å². The highest BCUT2D eigenvalue weighted by Gasteiger charge is 2.09. The van der Waals surface area contributed by atoms with Crippen molar-refractivity contribution < 1.29 is 5.11 Å². The quantitative estimate of drug-likeness (QED) is 0.676. The molecule has 0 radical (unpaired) electrons. The molecule has 0 bridgehead atoms. The molecular weight excluding hydrogens is 178 g/mol. The van der Waals surface area contributed by atoms with E-state index in [1.54, 1.807) is 0 Å². The number of nitrogens with zero attached hydrogens (tertiary/aromatic N) is 1. The van der Waals surface area contributed by atoms with Crippen molar-refractivity contribution >= 4 is 11.0 Å². The highest BCUT2D eigenvalue weighted by molar-refractivity contribution is 5.74. The number of imidazole rings is 1. The minimum Gasteiger partial charge on any atom is -0.396 e. The first-order chi connectivity index (χ1) is 6.81. The van der Waals surface area contributed by atoms with E-state index in [9.17, 15) is 0 Å². The molecule has 4 nitrogen and oxygen atoms in total. The maximum Gasteiger partial charge on any atom is 0.124 e. The lowest BCUT2D eigenvalue weighted by atomic mass is 10.2. The number of H-pyrrole nitrogens is 1. The maximum atomic E-state index is 8.75. The first-order valence-electron chi connectivity index (χ1n) is 4.62. The molecule has 2 aromatic rings. The molecular formula is C10H13N3O. The van der Waals surface area contributed by atoms with Crippen LogP contribution in [0.15, 0.2) is 24.3 Å². The zero-order valence-electron chi connectivity index (χ0n) is 7.77. The van der Waals surface area contributed by atoms with Gasteiger partial charge in [-0.05, 0) is 18.6 Å². The summed E-state index contributed by atoms with van der Waals surface area (Å²) in [7, 11) is 0. The molecule has 0 aliphatic carbocycles. The average Bonchev–Trinajstić information content (AvgIpc) is 2.61. The van der Waals surface area contributed by atoms with Crippen LogP contribution < -0.4 is 5.73 Å². The smallest absolute Gasteiger partial charge is 0.124 e. The Morgan fingerprint density at radius 2 is 2.21 bits per heavy atom. The number of para-hydroxylation sites is 2.